The largest absolute Gasteiger partial charge is 0.338 e. The Labute approximate surface area is 99.4 Å². The van der Waals surface area contributed by atoms with Crippen molar-refractivity contribution in [3.63, 3.8) is 0 Å². The Bertz CT molecular complexity index is 218. The number of rotatable bonds is 4. The zero-order chi connectivity index (χ0) is 12.0. The van der Waals surface area contributed by atoms with E-state index in [-0.39, 0.29) is 6.03 Å². The van der Waals surface area contributed by atoms with Crippen LogP contribution in [0, 0.1) is 11.8 Å². The average molecular weight is 226 g/mol. The van der Waals surface area contributed by atoms with Crippen molar-refractivity contribution in [2.75, 3.05) is 6.54 Å². The van der Waals surface area contributed by atoms with E-state index >= 15 is 0 Å². The third-order valence-corrected chi connectivity index (χ3v) is 3.75. The lowest BCUT2D eigenvalue weighted by atomic mass is 9.79. The lowest BCUT2D eigenvalue weighted by Gasteiger charge is -2.32. The molecule has 0 radical (unpaired) electrons. The summed E-state index contributed by atoms with van der Waals surface area (Å²) in [4.78, 5) is 11.6. The van der Waals surface area contributed by atoms with Crippen molar-refractivity contribution in [2.45, 2.75) is 58.9 Å². The van der Waals surface area contributed by atoms with E-state index in [1.165, 1.54) is 6.42 Å². The third-order valence-electron chi connectivity index (χ3n) is 3.75. The highest BCUT2D eigenvalue weighted by atomic mass is 16.2. The van der Waals surface area contributed by atoms with Gasteiger partial charge in [-0.15, -0.1) is 0 Å². The summed E-state index contributed by atoms with van der Waals surface area (Å²) < 4.78 is 0. The van der Waals surface area contributed by atoms with Crippen LogP contribution in [0.3, 0.4) is 0 Å². The fraction of sp³-hybridized carbons (Fsp3) is 0.923. The number of hydrogen-bond donors (Lipinski definition) is 2. The number of amides is 2. The number of carbonyl (C=O) groups excluding carboxylic acids is 1. The molecule has 3 heteroatoms. The van der Waals surface area contributed by atoms with Crippen molar-refractivity contribution in [1.82, 2.24) is 10.6 Å². The van der Waals surface area contributed by atoms with E-state index in [1.54, 1.807) is 0 Å². The first-order chi connectivity index (χ1) is 7.63. The van der Waals surface area contributed by atoms with Gasteiger partial charge in [0.2, 0.25) is 0 Å². The van der Waals surface area contributed by atoms with Crippen LogP contribution in [0.25, 0.3) is 0 Å². The lowest BCUT2D eigenvalue weighted by Crippen LogP contribution is -2.45. The highest BCUT2D eigenvalue weighted by Gasteiger charge is 2.25. The summed E-state index contributed by atoms with van der Waals surface area (Å²) in [6, 6.07) is 0.396. The monoisotopic (exact) mass is 226 g/mol. The van der Waals surface area contributed by atoms with Crippen LogP contribution in [-0.4, -0.2) is 18.6 Å². The second-order valence-electron chi connectivity index (χ2n) is 5.22. The zero-order valence-electron chi connectivity index (χ0n) is 10.9. The quantitative estimate of drug-likeness (QED) is 0.711. The Morgan fingerprint density at radius 3 is 2.62 bits per heavy atom. The van der Waals surface area contributed by atoms with Gasteiger partial charge in [-0.3, -0.25) is 0 Å². The fourth-order valence-electron chi connectivity index (χ4n) is 2.29. The van der Waals surface area contributed by atoms with Crippen LogP contribution in [0.2, 0.25) is 0 Å². The minimum atomic E-state index is 0.0141. The molecule has 94 valence electrons. The van der Waals surface area contributed by atoms with E-state index in [2.05, 4.69) is 31.4 Å². The van der Waals surface area contributed by atoms with Crippen LogP contribution >= 0.6 is 0 Å². The first-order valence-corrected chi connectivity index (χ1v) is 6.67. The second kappa shape index (κ2) is 6.77. The number of nitrogens with one attached hydrogen (secondary N) is 2. The minimum absolute atomic E-state index is 0.0141. The molecule has 0 aromatic heterocycles. The molecule has 3 unspecified atom stereocenters. The Kier molecular flexibility index (Phi) is 5.64. The van der Waals surface area contributed by atoms with Gasteiger partial charge in [-0.1, -0.05) is 27.2 Å². The van der Waals surface area contributed by atoms with E-state index in [0.29, 0.717) is 6.04 Å². The summed E-state index contributed by atoms with van der Waals surface area (Å²) in [6.07, 6.45) is 5.68. The van der Waals surface area contributed by atoms with Gasteiger partial charge in [-0.2, -0.15) is 0 Å². The van der Waals surface area contributed by atoms with Crippen molar-refractivity contribution in [3.8, 4) is 0 Å². The van der Waals surface area contributed by atoms with Crippen LogP contribution in [-0.2, 0) is 0 Å². The maximum Gasteiger partial charge on any atom is 0.315 e. The molecule has 1 rings (SSSR count). The van der Waals surface area contributed by atoms with E-state index in [1.807, 2.05) is 0 Å². The molecule has 3 atom stereocenters. The van der Waals surface area contributed by atoms with Gasteiger partial charge in [0.1, 0.15) is 0 Å². The Morgan fingerprint density at radius 2 is 2.00 bits per heavy atom. The molecule has 16 heavy (non-hydrogen) atoms. The predicted octanol–water partition coefficient (Wildman–Crippen LogP) is 2.91. The summed E-state index contributed by atoms with van der Waals surface area (Å²) in [5.74, 6) is 1.54. The van der Waals surface area contributed by atoms with Gasteiger partial charge in [-0.05, 0) is 37.5 Å². The molecule has 0 saturated heterocycles. The van der Waals surface area contributed by atoms with Gasteiger partial charge >= 0.3 is 6.03 Å². The van der Waals surface area contributed by atoms with Gasteiger partial charge in [0.15, 0.2) is 0 Å². The van der Waals surface area contributed by atoms with E-state index < -0.39 is 0 Å². The van der Waals surface area contributed by atoms with Crippen molar-refractivity contribution in [3.05, 3.63) is 0 Å². The van der Waals surface area contributed by atoms with E-state index in [4.69, 9.17) is 0 Å². The summed E-state index contributed by atoms with van der Waals surface area (Å²) in [6.45, 7) is 7.51. The molecule has 0 heterocycles. The maximum absolute atomic E-state index is 11.6. The first kappa shape index (κ1) is 13.3. The Balaban J connectivity index is 2.19. The van der Waals surface area contributed by atoms with Crippen LogP contribution in [0.15, 0.2) is 0 Å². The van der Waals surface area contributed by atoms with Gasteiger partial charge in [0.25, 0.3) is 0 Å². The summed E-state index contributed by atoms with van der Waals surface area (Å²) in [7, 11) is 0. The molecule has 0 aromatic rings. The molecule has 1 fully saturated rings. The fourth-order valence-corrected chi connectivity index (χ4v) is 2.29. The molecule has 1 aliphatic rings. The van der Waals surface area contributed by atoms with Crippen molar-refractivity contribution < 1.29 is 4.79 Å². The molecule has 0 aliphatic heterocycles. The number of urea groups is 1. The standard InChI is InChI=1S/C13H26N2O/c1-4-5-8-14-13(16)15-12-7-6-10(2)11(3)9-12/h10-12H,4-9H2,1-3H3,(H2,14,15,16). The van der Waals surface area contributed by atoms with Gasteiger partial charge in [0.05, 0.1) is 0 Å². The Hall–Kier alpha value is -0.730. The molecule has 1 aliphatic carbocycles. The number of hydrogen-bond acceptors (Lipinski definition) is 1. The molecule has 1 saturated carbocycles. The van der Waals surface area contributed by atoms with Crippen LogP contribution in [0.5, 0.6) is 0 Å². The smallest absolute Gasteiger partial charge is 0.315 e. The first-order valence-electron chi connectivity index (χ1n) is 6.67. The maximum atomic E-state index is 11.6. The minimum Gasteiger partial charge on any atom is -0.338 e. The van der Waals surface area contributed by atoms with Gasteiger partial charge in [0, 0.05) is 12.6 Å². The van der Waals surface area contributed by atoms with Crippen molar-refractivity contribution in [2.24, 2.45) is 11.8 Å². The topological polar surface area (TPSA) is 41.1 Å². The molecule has 0 spiro atoms. The molecule has 3 nitrogen and oxygen atoms in total. The summed E-state index contributed by atoms with van der Waals surface area (Å²) in [5.41, 5.74) is 0. The van der Waals surface area contributed by atoms with E-state index in [9.17, 15) is 4.79 Å². The molecular formula is C13H26N2O. The number of carbonyl (C=O) groups is 1. The van der Waals surface area contributed by atoms with Gasteiger partial charge < -0.3 is 10.6 Å². The second-order valence-corrected chi connectivity index (χ2v) is 5.22. The third kappa shape index (κ3) is 4.42. The highest BCUT2D eigenvalue weighted by molar-refractivity contribution is 5.74. The normalized spacial score (nSPS) is 29.8. The molecule has 0 aromatic carbocycles. The van der Waals surface area contributed by atoms with Crippen molar-refractivity contribution in [1.29, 1.82) is 0 Å². The SMILES string of the molecule is CCCCNC(=O)NC1CCC(C)C(C)C1. The highest BCUT2D eigenvalue weighted by Crippen LogP contribution is 2.29. The summed E-state index contributed by atoms with van der Waals surface area (Å²) >= 11 is 0. The van der Waals surface area contributed by atoms with Crippen LogP contribution < -0.4 is 10.6 Å². The molecule has 0 bridgehead atoms. The van der Waals surface area contributed by atoms with Crippen LogP contribution in [0.4, 0.5) is 4.79 Å². The van der Waals surface area contributed by atoms with Crippen molar-refractivity contribution >= 4 is 6.03 Å². The molecule has 2 N–H and O–H groups in total. The average Bonchev–Trinajstić information content (AvgIpc) is 2.24. The van der Waals surface area contributed by atoms with Gasteiger partial charge in [-0.25, -0.2) is 4.79 Å². The predicted molar refractivity (Wildman–Crippen MR) is 67.4 cm³/mol. The summed E-state index contributed by atoms with van der Waals surface area (Å²) in [5, 5.41) is 5.99. The van der Waals surface area contributed by atoms with E-state index in [0.717, 1.165) is 44.1 Å². The van der Waals surface area contributed by atoms with Crippen LogP contribution in [0.1, 0.15) is 52.9 Å². The molecule has 2 amide bonds. The molecular weight excluding hydrogens is 200 g/mol. The number of unbranched alkanes of at least 4 members (excludes halogenated alkanes) is 1. The lowest BCUT2D eigenvalue weighted by molar-refractivity contribution is 0.208. The zero-order valence-corrected chi connectivity index (χ0v) is 10.9. The Morgan fingerprint density at radius 1 is 1.25 bits per heavy atom.